The molecule has 0 bridgehead atoms. The maximum absolute atomic E-state index is 11.0. The molecule has 0 unspecified atom stereocenters. The SMILES string of the molecule is CC(=O)OCc1cc([C@@H](O)CNCCc2ccc(OCCOCc3cccc(C(=O)O)c3)cc2)ccc1O. The van der Waals surface area contributed by atoms with Gasteiger partial charge in [-0.3, -0.25) is 4.79 Å². The van der Waals surface area contributed by atoms with Crippen molar-refractivity contribution in [3.63, 3.8) is 0 Å². The Morgan fingerprint density at radius 3 is 2.47 bits per heavy atom. The van der Waals surface area contributed by atoms with Gasteiger partial charge in [0.25, 0.3) is 0 Å². The number of phenolic OH excluding ortho intramolecular Hbond substituents is 1. The number of aromatic hydroxyl groups is 1. The number of ether oxygens (including phenoxy) is 3. The zero-order chi connectivity index (χ0) is 27.3. The number of hydrogen-bond acceptors (Lipinski definition) is 8. The quantitative estimate of drug-likeness (QED) is 0.174. The number of hydrogen-bond donors (Lipinski definition) is 4. The van der Waals surface area contributed by atoms with Gasteiger partial charge in [-0.05, 0) is 66.1 Å². The highest BCUT2D eigenvalue weighted by atomic mass is 16.5. The third-order valence-corrected chi connectivity index (χ3v) is 5.71. The number of rotatable bonds is 15. The van der Waals surface area contributed by atoms with Crippen LogP contribution in [0.5, 0.6) is 11.5 Å². The second-order valence-corrected chi connectivity index (χ2v) is 8.69. The van der Waals surface area contributed by atoms with E-state index in [1.807, 2.05) is 30.3 Å². The second-order valence-electron chi connectivity index (χ2n) is 8.69. The van der Waals surface area contributed by atoms with Crippen molar-refractivity contribution in [3.05, 3.63) is 94.5 Å². The van der Waals surface area contributed by atoms with Crippen LogP contribution in [-0.4, -0.2) is 53.6 Å². The maximum atomic E-state index is 11.0. The summed E-state index contributed by atoms with van der Waals surface area (Å²) in [5, 5.41) is 32.6. The lowest BCUT2D eigenvalue weighted by atomic mass is 10.1. The van der Waals surface area contributed by atoms with E-state index in [0.717, 1.165) is 23.3 Å². The normalized spacial score (nSPS) is 11.6. The number of carbonyl (C=O) groups is 2. The van der Waals surface area contributed by atoms with Gasteiger partial charge >= 0.3 is 11.9 Å². The van der Waals surface area contributed by atoms with Gasteiger partial charge in [0.05, 0.1) is 24.9 Å². The summed E-state index contributed by atoms with van der Waals surface area (Å²) < 4.78 is 16.2. The third-order valence-electron chi connectivity index (χ3n) is 5.71. The van der Waals surface area contributed by atoms with Crippen LogP contribution in [0.2, 0.25) is 0 Å². The van der Waals surface area contributed by atoms with Gasteiger partial charge in [0.15, 0.2) is 0 Å². The molecular formula is C29H33NO8. The Morgan fingerprint density at radius 2 is 1.74 bits per heavy atom. The Kier molecular flexibility index (Phi) is 11.1. The molecule has 9 heteroatoms. The first-order valence-corrected chi connectivity index (χ1v) is 12.3. The summed E-state index contributed by atoms with van der Waals surface area (Å²) in [5.74, 6) is -0.666. The summed E-state index contributed by atoms with van der Waals surface area (Å²) in [4.78, 5) is 22.0. The highest BCUT2D eigenvalue weighted by Crippen LogP contribution is 2.23. The summed E-state index contributed by atoms with van der Waals surface area (Å²) in [6, 6.07) is 19.1. The van der Waals surface area contributed by atoms with Crippen LogP contribution >= 0.6 is 0 Å². The number of carboxylic acid groups (broad SMARTS) is 1. The van der Waals surface area contributed by atoms with Gasteiger partial charge in [0.2, 0.25) is 0 Å². The van der Waals surface area contributed by atoms with E-state index in [1.54, 1.807) is 30.3 Å². The van der Waals surface area contributed by atoms with E-state index in [2.05, 4.69) is 5.32 Å². The lowest BCUT2D eigenvalue weighted by molar-refractivity contribution is -0.142. The van der Waals surface area contributed by atoms with E-state index in [9.17, 15) is 19.8 Å². The van der Waals surface area contributed by atoms with Crippen molar-refractivity contribution in [2.75, 3.05) is 26.3 Å². The van der Waals surface area contributed by atoms with Crippen LogP contribution in [-0.2, 0) is 33.9 Å². The number of benzene rings is 3. The zero-order valence-electron chi connectivity index (χ0n) is 21.3. The number of aliphatic hydroxyl groups excluding tert-OH is 1. The fourth-order valence-electron chi connectivity index (χ4n) is 3.65. The molecule has 4 N–H and O–H groups in total. The van der Waals surface area contributed by atoms with Crippen LogP contribution in [0.4, 0.5) is 0 Å². The Labute approximate surface area is 221 Å². The number of nitrogens with one attached hydrogen (secondary N) is 1. The van der Waals surface area contributed by atoms with Gasteiger partial charge in [-0.25, -0.2) is 4.79 Å². The predicted molar refractivity (Wildman–Crippen MR) is 140 cm³/mol. The first-order valence-electron chi connectivity index (χ1n) is 12.3. The number of phenols is 1. The minimum absolute atomic E-state index is 0.0124. The van der Waals surface area contributed by atoms with Crippen LogP contribution < -0.4 is 10.1 Å². The Morgan fingerprint density at radius 1 is 0.947 bits per heavy atom. The molecule has 0 heterocycles. The summed E-state index contributed by atoms with van der Waals surface area (Å²) in [6.07, 6.45) is -0.00973. The van der Waals surface area contributed by atoms with Crippen LogP contribution in [0, 0.1) is 0 Å². The zero-order valence-corrected chi connectivity index (χ0v) is 21.3. The standard InChI is InChI=1S/C29H33NO8/c1-20(31)38-19-25-16-23(7-10-27(25)32)28(33)17-30-12-11-21-5-8-26(9-6-21)37-14-13-36-18-22-3-2-4-24(15-22)29(34)35/h2-10,15-16,28,30,32-33H,11-14,17-19H2,1H3,(H,34,35)/t28-/m0/s1. The number of esters is 1. The molecule has 0 fully saturated rings. The Balaban J connectivity index is 1.32. The van der Waals surface area contributed by atoms with Crippen molar-refractivity contribution in [1.82, 2.24) is 5.32 Å². The van der Waals surface area contributed by atoms with Crippen molar-refractivity contribution < 1.29 is 39.1 Å². The van der Waals surface area contributed by atoms with Crippen molar-refractivity contribution >= 4 is 11.9 Å². The first-order chi connectivity index (χ1) is 18.3. The largest absolute Gasteiger partial charge is 0.508 e. The number of aromatic carboxylic acids is 1. The molecule has 0 saturated carbocycles. The minimum atomic E-state index is -0.964. The third kappa shape index (κ3) is 9.51. The molecule has 3 aromatic rings. The molecule has 3 aromatic carbocycles. The predicted octanol–water partition coefficient (Wildman–Crippen LogP) is 3.61. The molecule has 1 atom stereocenters. The average molecular weight is 524 g/mol. The van der Waals surface area contributed by atoms with Crippen LogP contribution in [0.15, 0.2) is 66.7 Å². The van der Waals surface area contributed by atoms with Gasteiger partial charge in [0, 0.05) is 19.0 Å². The van der Waals surface area contributed by atoms with Crippen molar-refractivity contribution in [1.29, 1.82) is 0 Å². The van der Waals surface area contributed by atoms with Crippen LogP contribution in [0.1, 0.15) is 45.6 Å². The maximum Gasteiger partial charge on any atom is 0.335 e. The molecule has 0 aliphatic carbocycles. The van der Waals surface area contributed by atoms with Crippen molar-refractivity contribution in [2.24, 2.45) is 0 Å². The molecule has 0 aromatic heterocycles. The summed E-state index contributed by atoms with van der Waals surface area (Å²) in [7, 11) is 0. The topological polar surface area (TPSA) is 135 Å². The molecular weight excluding hydrogens is 490 g/mol. The van der Waals surface area contributed by atoms with E-state index in [-0.39, 0.29) is 17.9 Å². The van der Waals surface area contributed by atoms with Crippen LogP contribution in [0.25, 0.3) is 0 Å². The average Bonchev–Trinajstić information content (AvgIpc) is 2.91. The number of aliphatic hydroxyl groups is 1. The van der Waals surface area contributed by atoms with E-state index in [4.69, 9.17) is 19.3 Å². The number of carboxylic acids is 1. The summed E-state index contributed by atoms with van der Waals surface area (Å²) in [6.45, 7) is 3.30. The van der Waals surface area contributed by atoms with Gasteiger partial charge in [-0.2, -0.15) is 0 Å². The van der Waals surface area contributed by atoms with E-state index < -0.39 is 18.0 Å². The highest BCUT2D eigenvalue weighted by Gasteiger charge is 2.11. The minimum Gasteiger partial charge on any atom is -0.508 e. The molecule has 0 aliphatic rings. The van der Waals surface area contributed by atoms with Crippen molar-refractivity contribution in [3.8, 4) is 11.5 Å². The van der Waals surface area contributed by atoms with Gasteiger partial charge in [-0.15, -0.1) is 0 Å². The molecule has 0 amide bonds. The van der Waals surface area contributed by atoms with Crippen LogP contribution in [0.3, 0.4) is 0 Å². The Bertz CT molecular complexity index is 1200. The molecule has 3 rings (SSSR count). The lowest BCUT2D eigenvalue weighted by Gasteiger charge is -2.14. The molecule has 0 saturated heterocycles. The van der Waals surface area contributed by atoms with E-state index in [0.29, 0.717) is 44.0 Å². The van der Waals surface area contributed by atoms with Gasteiger partial charge < -0.3 is 34.8 Å². The molecule has 9 nitrogen and oxygen atoms in total. The summed E-state index contributed by atoms with van der Waals surface area (Å²) >= 11 is 0. The van der Waals surface area contributed by atoms with E-state index in [1.165, 1.54) is 13.0 Å². The fourth-order valence-corrected chi connectivity index (χ4v) is 3.65. The first kappa shape index (κ1) is 28.6. The Hall–Kier alpha value is -3.92. The second kappa shape index (κ2) is 14.7. The molecule has 0 aliphatic heterocycles. The van der Waals surface area contributed by atoms with Gasteiger partial charge in [0.1, 0.15) is 24.7 Å². The highest BCUT2D eigenvalue weighted by molar-refractivity contribution is 5.87. The van der Waals surface area contributed by atoms with Gasteiger partial charge in [-0.1, -0.05) is 30.3 Å². The molecule has 0 radical (unpaired) electrons. The molecule has 38 heavy (non-hydrogen) atoms. The van der Waals surface area contributed by atoms with Crippen molar-refractivity contribution in [2.45, 2.75) is 32.7 Å². The lowest BCUT2D eigenvalue weighted by Crippen LogP contribution is -2.23. The summed E-state index contributed by atoms with van der Waals surface area (Å²) in [5.41, 5.74) is 3.20. The monoisotopic (exact) mass is 523 g/mol. The van der Waals surface area contributed by atoms with E-state index >= 15 is 0 Å². The molecule has 202 valence electrons. The smallest absolute Gasteiger partial charge is 0.335 e. The number of carbonyl (C=O) groups excluding carboxylic acids is 1. The fraction of sp³-hybridized carbons (Fsp3) is 0.310. The molecule has 0 spiro atoms.